The van der Waals surface area contributed by atoms with Crippen molar-refractivity contribution in [2.24, 2.45) is 0 Å². The molecule has 2 aromatic rings. The Morgan fingerprint density at radius 2 is 1.79 bits per heavy atom. The summed E-state index contributed by atoms with van der Waals surface area (Å²) < 4.78 is 68.3. The van der Waals surface area contributed by atoms with Crippen LogP contribution in [-0.2, 0) is 21.4 Å². The number of ether oxygens (including phenoxy) is 1. The molecule has 1 fully saturated rings. The Bertz CT molecular complexity index is 1140. The number of sulfonamides is 1. The third-order valence-electron chi connectivity index (χ3n) is 5.10. The lowest BCUT2D eigenvalue weighted by Gasteiger charge is -2.40. The van der Waals surface area contributed by atoms with E-state index in [-0.39, 0.29) is 24.1 Å². The molecule has 2 aromatic carbocycles. The van der Waals surface area contributed by atoms with Gasteiger partial charge in [-0.05, 0) is 36.8 Å². The number of anilines is 1. The van der Waals surface area contributed by atoms with Gasteiger partial charge in [-0.3, -0.25) is 0 Å². The number of benzene rings is 2. The van der Waals surface area contributed by atoms with Gasteiger partial charge in [-0.25, -0.2) is 17.9 Å². The first-order chi connectivity index (χ1) is 16.1. The average Bonchev–Trinajstić information content (AvgIpc) is 2.82. The number of carbonyl (C=O) groups is 1. The summed E-state index contributed by atoms with van der Waals surface area (Å²) in [5.41, 5.74) is 1.51. The third-order valence-corrected chi connectivity index (χ3v) is 6.51. The summed E-state index contributed by atoms with van der Waals surface area (Å²) >= 11 is 0. The molecule has 0 bridgehead atoms. The molecule has 1 heterocycles. The van der Waals surface area contributed by atoms with E-state index in [1.165, 1.54) is 29.0 Å². The predicted molar refractivity (Wildman–Crippen MR) is 120 cm³/mol. The molecular formula is C23H24F3N3O4S. The Labute approximate surface area is 196 Å². The van der Waals surface area contributed by atoms with Crippen molar-refractivity contribution in [2.75, 3.05) is 31.1 Å². The standard InChI is InChI=1S/C23H24F3N3O4S/c1-2-6-20-15-28(22(30)33-16-18-7-4-3-5-8-18)13-14-29(20)19-9-11-21(12-10-19)34(31,32)27-17-23(24,25)26/h3-5,7-12,20,27H,13-17H2,1H3. The maximum atomic E-state index is 12.5. The first-order valence-electron chi connectivity index (χ1n) is 10.4. The summed E-state index contributed by atoms with van der Waals surface area (Å²) in [4.78, 5) is 15.7. The van der Waals surface area contributed by atoms with Gasteiger partial charge in [0.2, 0.25) is 10.0 Å². The minimum atomic E-state index is -4.65. The van der Waals surface area contributed by atoms with Crippen molar-refractivity contribution in [3.05, 3.63) is 60.2 Å². The van der Waals surface area contributed by atoms with E-state index in [4.69, 9.17) is 4.74 Å². The molecule has 1 saturated heterocycles. The molecule has 34 heavy (non-hydrogen) atoms. The fraction of sp³-hybridized carbons (Fsp3) is 0.348. The predicted octanol–water partition coefficient (Wildman–Crippen LogP) is 3.38. The van der Waals surface area contributed by atoms with Gasteiger partial charge in [0.1, 0.15) is 19.2 Å². The SMILES string of the molecule is CC#CC1CN(C(=O)OCc2ccccc2)CCN1c1ccc(S(=O)(=O)NCC(F)(F)F)cc1. The van der Waals surface area contributed by atoms with E-state index in [9.17, 15) is 26.4 Å². The van der Waals surface area contributed by atoms with Gasteiger partial charge in [0.25, 0.3) is 0 Å². The number of nitrogens with zero attached hydrogens (tertiary/aromatic N) is 2. The number of hydrogen-bond acceptors (Lipinski definition) is 5. The molecule has 1 atom stereocenters. The summed E-state index contributed by atoms with van der Waals surface area (Å²) in [5, 5.41) is 0. The molecule has 0 aromatic heterocycles. The molecule has 11 heteroatoms. The number of rotatable bonds is 6. The fourth-order valence-corrected chi connectivity index (χ4v) is 4.45. The molecule has 1 unspecified atom stereocenters. The molecule has 0 aliphatic carbocycles. The van der Waals surface area contributed by atoms with Crippen LogP contribution in [0.15, 0.2) is 59.5 Å². The molecule has 182 valence electrons. The molecule has 0 saturated carbocycles. The van der Waals surface area contributed by atoms with E-state index < -0.39 is 28.8 Å². The van der Waals surface area contributed by atoms with Gasteiger partial charge in [-0.2, -0.15) is 13.2 Å². The van der Waals surface area contributed by atoms with E-state index in [1.807, 2.05) is 35.2 Å². The van der Waals surface area contributed by atoms with E-state index in [0.717, 1.165) is 5.56 Å². The molecule has 1 amide bonds. The number of halogens is 3. The van der Waals surface area contributed by atoms with E-state index in [0.29, 0.717) is 18.8 Å². The molecule has 0 spiro atoms. The summed E-state index contributed by atoms with van der Waals surface area (Å²) in [6.07, 6.45) is -5.11. The van der Waals surface area contributed by atoms with Crippen LogP contribution in [0.4, 0.5) is 23.7 Å². The van der Waals surface area contributed by atoms with Gasteiger partial charge in [0.15, 0.2) is 0 Å². The lowest BCUT2D eigenvalue weighted by molar-refractivity contribution is -0.121. The van der Waals surface area contributed by atoms with Crippen LogP contribution in [0.2, 0.25) is 0 Å². The van der Waals surface area contributed by atoms with Crippen molar-refractivity contribution >= 4 is 21.8 Å². The summed E-state index contributed by atoms with van der Waals surface area (Å²) in [7, 11) is -4.30. The average molecular weight is 496 g/mol. The summed E-state index contributed by atoms with van der Waals surface area (Å²) in [5.74, 6) is 5.88. The second-order valence-electron chi connectivity index (χ2n) is 7.52. The molecular weight excluding hydrogens is 471 g/mol. The number of amides is 1. The van der Waals surface area contributed by atoms with Gasteiger partial charge >= 0.3 is 12.3 Å². The van der Waals surface area contributed by atoms with E-state index in [1.54, 1.807) is 11.8 Å². The number of hydrogen-bond donors (Lipinski definition) is 1. The molecule has 0 radical (unpaired) electrons. The highest BCUT2D eigenvalue weighted by Gasteiger charge is 2.31. The number of nitrogens with one attached hydrogen (secondary N) is 1. The van der Waals surface area contributed by atoms with Crippen LogP contribution in [-0.4, -0.2) is 57.8 Å². The van der Waals surface area contributed by atoms with Gasteiger partial charge in [0.05, 0.1) is 11.4 Å². The van der Waals surface area contributed by atoms with Gasteiger partial charge < -0.3 is 14.5 Å². The highest BCUT2D eigenvalue weighted by atomic mass is 32.2. The van der Waals surface area contributed by atoms with Crippen LogP contribution in [0.5, 0.6) is 0 Å². The first-order valence-corrected chi connectivity index (χ1v) is 11.9. The summed E-state index contributed by atoms with van der Waals surface area (Å²) in [6, 6.07) is 14.4. The van der Waals surface area contributed by atoms with Crippen LogP contribution in [0.1, 0.15) is 12.5 Å². The second-order valence-corrected chi connectivity index (χ2v) is 9.29. The van der Waals surface area contributed by atoms with Crippen molar-refractivity contribution in [3.63, 3.8) is 0 Å². The van der Waals surface area contributed by atoms with Crippen molar-refractivity contribution in [1.82, 2.24) is 9.62 Å². The first kappa shape index (κ1) is 25.4. The fourth-order valence-electron chi connectivity index (χ4n) is 3.44. The minimum absolute atomic E-state index is 0.155. The quantitative estimate of drug-likeness (QED) is 0.622. The topological polar surface area (TPSA) is 79.0 Å². The highest BCUT2D eigenvalue weighted by Crippen LogP contribution is 2.24. The number of carbonyl (C=O) groups excluding carboxylic acids is 1. The highest BCUT2D eigenvalue weighted by molar-refractivity contribution is 7.89. The van der Waals surface area contributed by atoms with Crippen LogP contribution < -0.4 is 9.62 Å². The van der Waals surface area contributed by atoms with E-state index >= 15 is 0 Å². The Morgan fingerprint density at radius 3 is 2.41 bits per heavy atom. The Kier molecular flexibility index (Phi) is 8.06. The zero-order valence-corrected chi connectivity index (χ0v) is 19.2. The molecule has 1 N–H and O–H groups in total. The van der Waals surface area contributed by atoms with Crippen molar-refractivity contribution in [3.8, 4) is 11.8 Å². The Hall–Kier alpha value is -3.23. The van der Waals surface area contributed by atoms with E-state index in [2.05, 4.69) is 11.8 Å². The largest absolute Gasteiger partial charge is 0.445 e. The monoisotopic (exact) mass is 495 g/mol. The Balaban J connectivity index is 1.65. The zero-order valence-electron chi connectivity index (χ0n) is 18.4. The summed E-state index contributed by atoms with van der Waals surface area (Å²) in [6.45, 7) is 1.24. The lowest BCUT2D eigenvalue weighted by Crippen LogP contribution is -2.54. The van der Waals surface area contributed by atoms with Gasteiger partial charge in [-0.15, -0.1) is 5.92 Å². The second kappa shape index (κ2) is 10.8. The van der Waals surface area contributed by atoms with Crippen LogP contribution in [0.25, 0.3) is 0 Å². The van der Waals surface area contributed by atoms with Crippen LogP contribution >= 0.6 is 0 Å². The number of piperazine rings is 1. The Morgan fingerprint density at radius 1 is 1.12 bits per heavy atom. The van der Waals surface area contributed by atoms with Crippen molar-refractivity contribution < 1.29 is 31.1 Å². The zero-order chi connectivity index (χ0) is 24.8. The van der Waals surface area contributed by atoms with Crippen LogP contribution in [0.3, 0.4) is 0 Å². The van der Waals surface area contributed by atoms with Crippen molar-refractivity contribution in [1.29, 1.82) is 0 Å². The molecule has 1 aliphatic rings. The molecule has 7 nitrogen and oxygen atoms in total. The minimum Gasteiger partial charge on any atom is -0.445 e. The molecule has 3 rings (SSSR count). The lowest BCUT2D eigenvalue weighted by atomic mass is 10.1. The maximum absolute atomic E-state index is 12.5. The van der Waals surface area contributed by atoms with Gasteiger partial charge in [-0.1, -0.05) is 36.3 Å². The van der Waals surface area contributed by atoms with Crippen LogP contribution in [0, 0.1) is 11.8 Å². The number of alkyl halides is 3. The smallest absolute Gasteiger partial charge is 0.410 e. The molecule has 1 aliphatic heterocycles. The third kappa shape index (κ3) is 6.88. The van der Waals surface area contributed by atoms with Gasteiger partial charge in [0, 0.05) is 18.8 Å². The van der Waals surface area contributed by atoms with Crippen molar-refractivity contribution in [2.45, 2.75) is 30.6 Å². The maximum Gasteiger partial charge on any atom is 0.410 e. The normalized spacial score (nSPS) is 16.5.